The van der Waals surface area contributed by atoms with Crippen LogP contribution in [-0.4, -0.2) is 36.9 Å². The van der Waals surface area contributed by atoms with Gasteiger partial charge in [-0.2, -0.15) is 0 Å². The number of carboxylic acids is 1. The zero-order chi connectivity index (χ0) is 14.4. The molecular formula is C12H15BrN2O4. The summed E-state index contributed by atoms with van der Waals surface area (Å²) in [4.78, 5) is 22.5. The maximum atomic E-state index is 11.6. The summed E-state index contributed by atoms with van der Waals surface area (Å²) in [6, 6.07) is 4.14. The Hall–Kier alpha value is -1.60. The number of benzene rings is 1. The van der Waals surface area contributed by atoms with Crippen molar-refractivity contribution in [1.29, 1.82) is 0 Å². The van der Waals surface area contributed by atoms with Gasteiger partial charge in [-0.25, -0.2) is 9.59 Å². The van der Waals surface area contributed by atoms with Crippen molar-refractivity contribution in [2.24, 2.45) is 0 Å². The van der Waals surface area contributed by atoms with Gasteiger partial charge in [0, 0.05) is 23.8 Å². The van der Waals surface area contributed by atoms with Crippen LogP contribution in [0.15, 0.2) is 22.7 Å². The van der Waals surface area contributed by atoms with Crippen molar-refractivity contribution >= 4 is 33.6 Å². The van der Waals surface area contributed by atoms with E-state index in [1.54, 1.807) is 19.2 Å². The minimum absolute atomic E-state index is 0.0862. The molecule has 7 heteroatoms. The number of hydrogen-bond donors (Lipinski definition) is 3. The summed E-state index contributed by atoms with van der Waals surface area (Å²) in [6.07, 6.45) is -0.0924. The van der Waals surface area contributed by atoms with Crippen LogP contribution < -0.4 is 10.6 Å². The van der Waals surface area contributed by atoms with Crippen LogP contribution in [0.2, 0.25) is 0 Å². The average Bonchev–Trinajstić information content (AvgIpc) is 2.37. The Morgan fingerprint density at radius 1 is 1.47 bits per heavy atom. The number of hydrogen-bond acceptors (Lipinski definition) is 3. The molecule has 0 saturated carbocycles. The van der Waals surface area contributed by atoms with Gasteiger partial charge in [0.15, 0.2) is 0 Å². The summed E-state index contributed by atoms with van der Waals surface area (Å²) in [7, 11) is 1.55. The molecule has 0 fully saturated rings. The molecule has 104 valence electrons. The number of carbonyl (C=O) groups is 2. The third kappa shape index (κ3) is 4.88. The van der Waals surface area contributed by atoms with E-state index in [-0.39, 0.29) is 11.7 Å². The molecule has 0 radical (unpaired) electrons. The lowest BCUT2D eigenvalue weighted by molar-refractivity contribution is 0.0696. The highest BCUT2D eigenvalue weighted by Gasteiger charge is 2.10. The van der Waals surface area contributed by atoms with E-state index in [4.69, 9.17) is 9.84 Å². The molecule has 6 nitrogen and oxygen atoms in total. The Labute approximate surface area is 119 Å². The summed E-state index contributed by atoms with van der Waals surface area (Å²) >= 11 is 3.13. The van der Waals surface area contributed by atoms with Gasteiger partial charge in [0.25, 0.3) is 0 Å². The smallest absolute Gasteiger partial charge is 0.336 e. The number of anilines is 1. The van der Waals surface area contributed by atoms with E-state index in [1.807, 2.05) is 6.92 Å². The molecule has 0 aromatic heterocycles. The van der Waals surface area contributed by atoms with Crippen molar-refractivity contribution in [3.8, 4) is 0 Å². The maximum absolute atomic E-state index is 11.6. The van der Waals surface area contributed by atoms with Crippen LogP contribution in [0.1, 0.15) is 17.3 Å². The average molecular weight is 331 g/mol. The van der Waals surface area contributed by atoms with Crippen LogP contribution in [0.3, 0.4) is 0 Å². The highest BCUT2D eigenvalue weighted by molar-refractivity contribution is 9.10. The van der Waals surface area contributed by atoms with Crippen molar-refractivity contribution in [3.05, 3.63) is 28.2 Å². The summed E-state index contributed by atoms with van der Waals surface area (Å²) in [5, 5.41) is 14.1. The molecule has 2 amide bonds. The fourth-order valence-electron chi connectivity index (χ4n) is 1.26. The standard InChI is InChI=1S/C12H15BrN2O4/c1-7(19-2)6-14-12(18)15-8-3-4-10(13)9(5-8)11(16)17/h3-5,7H,6H2,1-2H3,(H,16,17)(H2,14,15,18). The number of ether oxygens (including phenoxy) is 1. The van der Waals surface area contributed by atoms with Crippen molar-refractivity contribution in [3.63, 3.8) is 0 Å². The van der Waals surface area contributed by atoms with Crippen LogP contribution in [0.25, 0.3) is 0 Å². The van der Waals surface area contributed by atoms with Crippen molar-refractivity contribution in [2.45, 2.75) is 13.0 Å². The second kappa shape index (κ2) is 7.10. The number of urea groups is 1. The molecule has 0 heterocycles. The van der Waals surface area contributed by atoms with E-state index in [0.717, 1.165) is 0 Å². The lowest BCUT2D eigenvalue weighted by atomic mass is 10.2. The topological polar surface area (TPSA) is 87.7 Å². The molecule has 1 aromatic carbocycles. The lowest BCUT2D eigenvalue weighted by Crippen LogP contribution is -2.34. The Balaban J connectivity index is 2.64. The van der Waals surface area contributed by atoms with E-state index < -0.39 is 12.0 Å². The Kier molecular flexibility index (Phi) is 5.78. The second-order valence-corrected chi connectivity index (χ2v) is 4.74. The molecule has 1 atom stereocenters. The van der Waals surface area contributed by atoms with Gasteiger partial charge in [-0.15, -0.1) is 0 Å². The number of carboxylic acid groups (broad SMARTS) is 1. The van der Waals surface area contributed by atoms with Crippen LogP contribution in [0.4, 0.5) is 10.5 Å². The van der Waals surface area contributed by atoms with Crippen molar-refractivity contribution in [2.75, 3.05) is 19.0 Å². The summed E-state index contributed by atoms with van der Waals surface area (Å²) in [5.74, 6) is -1.07. The van der Waals surface area contributed by atoms with Crippen molar-refractivity contribution < 1.29 is 19.4 Å². The fraction of sp³-hybridized carbons (Fsp3) is 0.333. The highest BCUT2D eigenvalue weighted by atomic mass is 79.9. The minimum atomic E-state index is -1.07. The number of aromatic carboxylic acids is 1. The maximum Gasteiger partial charge on any atom is 0.336 e. The quantitative estimate of drug-likeness (QED) is 0.773. The number of rotatable bonds is 5. The first kappa shape index (κ1) is 15.5. The monoisotopic (exact) mass is 330 g/mol. The van der Waals surface area contributed by atoms with E-state index in [1.165, 1.54) is 6.07 Å². The fourth-order valence-corrected chi connectivity index (χ4v) is 1.68. The zero-order valence-electron chi connectivity index (χ0n) is 10.6. The molecule has 0 saturated heterocycles. The van der Waals surface area contributed by atoms with Gasteiger partial charge in [0.1, 0.15) is 0 Å². The van der Waals surface area contributed by atoms with E-state index in [9.17, 15) is 9.59 Å². The van der Waals surface area contributed by atoms with Gasteiger partial charge in [0.05, 0.1) is 11.7 Å². The summed E-state index contributed by atoms with van der Waals surface area (Å²) < 4.78 is 5.45. The molecule has 0 bridgehead atoms. The first-order chi connectivity index (χ1) is 8.93. The van der Waals surface area contributed by atoms with Gasteiger partial charge in [-0.3, -0.25) is 0 Å². The normalized spacial score (nSPS) is 11.7. The van der Waals surface area contributed by atoms with Gasteiger partial charge >= 0.3 is 12.0 Å². The van der Waals surface area contributed by atoms with Crippen LogP contribution in [0.5, 0.6) is 0 Å². The van der Waals surface area contributed by atoms with Crippen LogP contribution >= 0.6 is 15.9 Å². The minimum Gasteiger partial charge on any atom is -0.478 e. The third-order valence-corrected chi connectivity index (χ3v) is 3.10. The number of methoxy groups -OCH3 is 1. The summed E-state index contributed by atoms with van der Waals surface area (Å²) in [5.41, 5.74) is 0.492. The first-order valence-electron chi connectivity index (χ1n) is 5.54. The Morgan fingerprint density at radius 2 is 2.16 bits per heavy atom. The Morgan fingerprint density at radius 3 is 2.74 bits per heavy atom. The van der Waals surface area contributed by atoms with Gasteiger partial charge in [-0.1, -0.05) is 0 Å². The number of halogens is 1. The zero-order valence-corrected chi connectivity index (χ0v) is 12.2. The molecule has 0 aliphatic heterocycles. The molecule has 19 heavy (non-hydrogen) atoms. The SMILES string of the molecule is COC(C)CNC(=O)Nc1ccc(Br)c(C(=O)O)c1. The van der Waals surface area contributed by atoms with E-state index in [2.05, 4.69) is 26.6 Å². The lowest BCUT2D eigenvalue weighted by Gasteiger charge is -2.12. The number of amides is 2. The van der Waals surface area contributed by atoms with E-state index >= 15 is 0 Å². The molecule has 1 rings (SSSR count). The van der Waals surface area contributed by atoms with Gasteiger partial charge < -0.3 is 20.5 Å². The summed E-state index contributed by atoms with van der Waals surface area (Å²) in [6.45, 7) is 2.19. The molecule has 1 aromatic rings. The largest absolute Gasteiger partial charge is 0.478 e. The Bertz CT molecular complexity index is 479. The van der Waals surface area contributed by atoms with Crippen LogP contribution in [-0.2, 0) is 4.74 Å². The predicted molar refractivity (Wildman–Crippen MR) is 74.6 cm³/mol. The molecule has 0 aliphatic carbocycles. The highest BCUT2D eigenvalue weighted by Crippen LogP contribution is 2.21. The molecule has 0 aliphatic rings. The molecular weight excluding hydrogens is 316 g/mol. The second-order valence-electron chi connectivity index (χ2n) is 3.88. The molecule has 0 spiro atoms. The predicted octanol–water partition coefficient (Wildman–Crippen LogP) is 2.30. The van der Waals surface area contributed by atoms with E-state index in [0.29, 0.717) is 16.7 Å². The number of nitrogens with one attached hydrogen (secondary N) is 2. The van der Waals surface area contributed by atoms with Gasteiger partial charge in [0.2, 0.25) is 0 Å². The van der Waals surface area contributed by atoms with Crippen molar-refractivity contribution in [1.82, 2.24) is 5.32 Å². The first-order valence-corrected chi connectivity index (χ1v) is 6.33. The third-order valence-electron chi connectivity index (χ3n) is 2.41. The van der Waals surface area contributed by atoms with Crippen LogP contribution in [0, 0.1) is 0 Å². The molecule has 3 N–H and O–H groups in total. The van der Waals surface area contributed by atoms with Gasteiger partial charge in [-0.05, 0) is 41.1 Å². The number of carbonyl (C=O) groups excluding carboxylic acids is 1. The molecule has 1 unspecified atom stereocenters.